The molecule has 0 atom stereocenters. The number of carbonyl (C=O) groups excluding carboxylic acids is 3. The molecule has 1 fully saturated rings. The quantitative estimate of drug-likeness (QED) is 0.158. The molecule has 0 bridgehead atoms. The van der Waals surface area contributed by atoms with Crippen molar-refractivity contribution in [1.29, 1.82) is 0 Å². The molecule has 0 spiro atoms. The zero-order valence-corrected chi connectivity index (χ0v) is 20.9. The summed E-state index contributed by atoms with van der Waals surface area (Å²) in [7, 11) is 1.41. The molecule has 0 aromatic heterocycles. The van der Waals surface area contributed by atoms with E-state index in [0.717, 1.165) is 4.90 Å². The molecule has 10 nitrogen and oxygen atoms in total. The summed E-state index contributed by atoms with van der Waals surface area (Å²) in [5, 5.41) is 11.6. The molecule has 1 aliphatic heterocycles. The predicted molar refractivity (Wildman–Crippen MR) is 139 cm³/mol. The molecule has 1 aliphatic rings. The molecule has 2 amide bonds. The molecule has 0 radical (unpaired) electrons. The minimum absolute atomic E-state index is 0.0484. The number of thiocarbonyl (C=S) groups is 1. The number of carboxylic acids is 1. The summed E-state index contributed by atoms with van der Waals surface area (Å²) in [5.74, 6) is -2.61. The van der Waals surface area contributed by atoms with E-state index >= 15 is 0 Å². The smallest absolute Gasteiger partial charge is 0.344 e. The number of nitrogens with one attached hydrogen (secondary N) is 1. The zero-order chi connectivity index (χ0) is 27.1. The number of carbonyl (C=O) groups is 4. The lowest BCUT2D eigenvalue weighted by Crippen LogP contribution is -2.54. The van der Waals surface area contributed by atoms with Crippen molar-refractivity contribution >= 4 is 52.8 Å². The Labute approximate surface area is 218 Å². The van der Waals surface area contributed by atoms with Gasteiger partial charge in [0.1, 0.15) is 5.57 Å². The Balaban J connectivity index is 2.02. The maximum absolute atomic E-state index is 13.3. The largest absolute Gasteiger partial charge is 0.493 e. The summed E-state index contributed by atoms with van der Waals surface area (Å²) < 4.78 is 16.0. The van der Waals surface area contributed by atoms with Gasteiger partial charge in [-0.2, -0.15) is 0 Å². The topological polar surface area (TPSA) is 131 Å². The van der Waals surface area contributed by atoms with E-state index in [1.807, 2.05) is 0 Å². The lowest BCUT2D eigenvalue weighted by molar-refractivity contribution is -0.145. The van der Waals surface area contributed by atoms with E-state index in [4.69, 9.17) is 26.4 Å². The lowest BCUT2D eigenvalue weighted by Gasteiger charge is -2.29. The van der Waals surface area contributed by atoms with Crippen molar-refractivity contribution in [3.05, 3.63) is 71.3 Å². The molecule has 0 aliphatic carbocycles. The number of nitrogens with zero attached hydrogens (tertiary/aromatic N) is 1. The number of rotatable bonds is 10. The number of anilines is 1. The van der Waals surface area contributed by atoms with Crippen LogP contribution >= 0.6 is 12.2 Å². The number of aromatic carboxylic acids is 1. The van der Waals surface area contributed by atoms with Crippen LogP contribution in [-0.4, -0.2) is 54.3 Å². The van der Waals surface area contributed by atoms with Crippen molar-refractivity contribution in [3.8, 4) is 11.5 Å². The molecule has 1 saturated heterocycles. The molecule has 37 heavy (non-hydrogen) atoms. The second-order valence-electron chi connectivity index (χ2n) is 7.61. The molecule has 11 heteroatoms. The van der Waals surface area contributed by atoms with Crippen LogP contribution in [0.3, 0.4) is 0 Å². The minimum atomic E-state index is -1.18. The Hall–Kier alpha value is -4.51. The standard InChI is InChI=1S/C26H24N2O8S/c1-4-7-16-10-15(12-20(34-3)22(16)36-14-21(29)35-5-2)11-19-23(30)27-26(37)28(24(19)31)18-9-6-8-17(13-18)25(32)33/h4,6,8-13H,1,5,7,14H2,2-3H3,(H,32,33)(H,27,30,37). The number of hydrogen-bond donors (Lipinski definition) is 2. The maximum Gasteiger partial charge on any atom is 0.344 e. The third kappa shape index (κ3) is 6.19. The number of hydrogen-bond acceptors (Lipinski definition) is 8. The average Bonchev–Trinajstić information content (AvgIpc) is 2.86. The number of allylic oxidation sites excluding steroid dienone is 1. The molecular weight excluding hydrogens is 500 g/mol. The molecular formula is C26H24N2O8S. The first-order valence-electron chi connectivity index (χ1n) is 11.0. The molecule has 2 aromatic rings. The summed E-state index contributed by atoms with van der Waals surface area (Å²) in [6, 6.07) is 8.84. The van der Waals surface area contributed by atoms with Crippen molar-refractivity contribution in [3.63, 3.8) is 0 Å². The molecule has 0 unspecified atom stereocenters. The summed E-state index contributed by atoms with van der Waals surface area (Å²) in [6.07, 6.45) is 3.32. The van der Waals surface area contributed by atoms with Gasteiger partial charge in [0, 0.05) is 5.56 Å². The van der Waals surface area contributed by atoms with E-state index in [2.05, 4.69) is 11.9 Å². The van der Waals surface area contributed by atoms with Crippen LogP contribution in [0.25, 0.3) is 6.08 Å². The van der Waals surface area contributed by atoms with E-state index in [1.54, 1.807) is 25.1 Å². The Morgan fingerprint density at radius 1 is 1.22 bits per heavy atom. The predicted octanol–water partition coefficient (Wildman–Crippen LogP) is 2.90. The second kappa shape index (κ2) is 12.0. The fraction of sp³-hybridized carbons (Fsp3) is 0.192. The van der Waals surface area contributed by atoms with Crippen molar-refractivity contribution in [2.45, 2.75) is 13.3 Å². The fourth-order valence-corrected chi connectivity index (χ4v) is 3.84. The van der Waals surface area contributed by atoms with Crippen LogP contribution in [-0.2, 0) is 25.5 Å². The van der Waals surface area contributed by atoms with Gasteiger partial charge in [0.25, 0.3) is 11.8 Å². The molecule has 2 N–H and O–H groups in total. The highest BCUT2D eigenvalue weighted by Gasteiger charge is 2.35. The summed E-state index contributed by atoms with van der Waals surface area (Å²) >= 11 is 5.18. The van der Waals surface area contributed by atoms with E-state index in [9.17, 15) is 24.3 Å². The van der Waals surface area contributed by atoms with Gasteiger partial charge in [-0.15, -0.1) is 6.58 Å². The molecule has 2 aromatic carbocycles. The highest BCUT2D eigenvalue weighted by atomic mass is 32.1. The third-order valence-corrected chi connectivity index (χ3v) is 5.43. The monoisotopic (exact) mass is 524 g/mol. The number of amides is 2. The van der Waals surface area contributed by atoms with E-state index < -0.39 is 23.8 Å². The minimum Gasteiger partial charge on any atom is -0.493 e. The van der Waals surface area contributed by atoms with Gasteiger partial charge in [-0.25, -0.2) is 9.59 Å². The molecule has 0 saturated carbocycles. The van der Waals surface area contributed by atoms with Gasteiger partial charge < -0.3 is 19.3 Å². The van der Waals surface area contributed by atoms with Crippen molar-refractivity contribution in [2.75, 3.05) is 25.2 Å². The van der Waals surface area contributed by atoms with Crippen molar-refractivity contribution < 1.29 is 38.5 Å². The molecule has 3 rings (SSSR count). The highest BCUT2D eigenvalue weighted by Crippen LogP contribution is 2.35. The van der Waals surface area contributed by atoms with Gasteiger partial charge >= 0.3 is 11.9 Å². The van der Waals surface area contributed by atoms with Gasteiger partial charge in [0.2, 0.25) is 0 Å². The van der Waals surface area contributed by atoms with Crippen LogP contribution in [0.5, 0.6) is 11.5 Å². The normalized spacial score (nSPS) is 14.3. The van der Waals surface area contributed by atoms with Crippen LogP contribution in [0, 0.1) is 0 Å². The van der Waals surface area contributed by atoms with Crippen LogP contribution in [0.4, 0.5) is 5.69 Å². The van der Waals surface area contributed by atoms with Crippen LogP contribution in [0.1, 0.15) is 28.4 Å². The van der Waals surface area contributed by atoms with Gasteiger partial charge in [0.05, 0.1) is 25.0 Å². The Morgan fingerprint density at radius 2 is 1.97 bits per heavy atom. The Morgan fingerprint density at radius 3 is 2.62 bits per heavy atom. The van der Waals surface area contributed by atoms with Gasteiger partial charge in [-0.05, 0) is 67.5 Å². The fourth-order valence-electron chi connectivity index (χ4n) is 3.56. The number of carboxylic acid groups (broad SMARTS) is 1. The third-order valence-electron chi connectivity index (χ3n) is 5.14. The first kappa shape index (κ1) is 27.1. The first-order valence-corrected chi connectivity index (χ1v) is 11.5. The Bertz CT molecular complexity index is 1320. The van der Waals surface area contributed by atoms with Crippen LogP contribution < -0.4 is 19.7 Å². The summed E-state index contributed by atoms with van der Waals surface area (Å²) in [6.45, 7) is 5.29. The van der Waals surface area contributed by atoms with E-state index in [1.165, 1.54) is 37.5 Å². The number of ether oxygens (including phenoxy) is 3. The SMILES string of the molecule is C=CCc1cc(C=C2C(=O)NC(=S)N(c3cccc(C(=O)O)c3)C2=O)cc(OC)c1OCC(=O)OCC. The molecule has 192 valence electrons. The summed E-state index contributed by atoms with van der Waals surface area (Å²) in [4.78, 5) is 50.2. The van der Waals surface area contributed by atoms with Crippen molar-refractivity contribution in [2.24, 2.45) is 0 Å². The second-order valence-corrected chi connectivity index (χ2v) is 8.00. The van der Waals surface area contributed by atoms with Gasteiger partial charge in [-0.1, -0.05) is 12.1 Å². The van der Waals surface area contributed by atoms with E-state index in [0.29, 0.717) is 23.3 Å². The van der Waals surface area contributed by atoms with Gasteiger partial charge in [0.15, 0.2) is 23.2 Å². The number of benzene rings is 2. The van der Waals surface area contributed by atoms with E-state index in [-0.39, 0.29) is 40.9 Å². The van der Waals surface area contributed by atoms with Crippen molar-refractivity contribution in [1.82, 2.24) is 5.32 Å². The number of esters is 1. The highest BCUT2D eigenvalue weighted by molar-refractivity contribution is 7.80. The van der Waals surface area contributed by atoms with Gasteiger partial charge in [-0.3, -0.25) is 19.8 Å². The average molecular weight is 525 g/mol. The summed E-state index contributed by atoms with van der Waals surface area (Å²) in [5.41, 5.74) is 0.931. The molecule has 1 heterocycles. The Kier molecular flexibility index (Phi) is 8.75. The maximum atomic E-state index is 13.3. The lowest BCUT2D eigenvalue weighted by atomic mass is 10.0. The zero-order valence-electron chi connectivity index (χ0n) is 20.1. The van der Waals surface area contributed by atoms with Crippen LogP contribution in [0.2, 0.25) is 0 Å². The first-order chi connectivity index (χ1) is 17.7. The number of methoxy groups -OCH3 is 1. The van der Waals surface area contributed by atoms with Crippen LogP contribution in [0.15, 0.2) is 54.6 Å².